The van der Waals surface area contributed by atoms with Gasteiger partial charge in [0, 0.05) is 43.2 Å². The lowest BCUT2D eigenvalue weighted by Crippen LogP contribution is -2.56. The van der Waals surface area contributed by atoms with E-state index >= 15 is 0 Å². The van der Waals surface area contributed by atoms with Crippen LogP contribution in [0.4, 0.5) is 0 Å². The topological polar surface area (TPSA) is 257 Å². The third-order valence-corrected chi connectivity index (χ3v) is 11.5. The highest BCUT2D eigenvalue weighted by Crippen LogP contribution is 2.40. The van der Waals surface area contributed by atoms with Gasteiger partial charge >= 0.3 is 0 Å². The Morgan fingerprint density at radius 2 is 1.44 bits per heavy atom. The summed E-state index contributed by atoms with van der Waals surface area (Å²) < 4.78 is 12.2. The van der Waals surface area contributed by atoms with Crippen molar-refractivity contribution in [2.24, 2.45) is 17.2 Å². The number of benzene rings is 4. The molecule has 0 saturated heterocycles. The molecule has 0 fully saturated rings. The molecule has 0 unspecified atom stereocenters. The standard InChI is InChI=1S/C50H63N9O7/c1-29-24-35(33-9-12-36(13-10-33)50(4,5)6)25-30(2)43(29)47(62)57-39(16-17-51)49(64)59(7)44-34-11-15-42(66-23-20-54)38(28-34)37-26-32(8-14-41(37)65-22-19-53)27-40(46(61)55-21-18-52)58-45(60)31(3)56-48(44)63/h8-15,24-26,28,31,39-40,44H,16-17,19-23,27,51,53-54H2,1-7H3,(H,55,61)(H,56,63)(H,57,62)(H,58,60)/t31-,39-,40-,44-/m0/s1. The van der Waals surface area contributed by atoms with Crippen molar-refractivity contribution in [1.82, 2.24) is 26.2 Å². The smallest absolute Gasteiger partial charge is 0.252 e. The highest BCUT2D eigenvalue weighted by molar-refractivity contribution is 6.01. The van der Waals surface area contributed by atoms with Gasteiger partial charge in [-0.1, -0.05) is 69.3 Å². The zero-order chi connectivity index (χ0) is 48.3. The predicted molar refractivity (Wildman–Crippen MR) is 253 cm³/mol. The molecule has 16 heteroatoms. The Balaban J connectivity index is 1.57. The summed E-state index contributed by atoms with van der Waals surface area (Å²) in [7, 11) is 1.44. The van der Waals surface area contributed by atoms with E-state index in [2.05, 4.69) is 66.3 Å². The molecular weight excluding hydrogens is 839 g/mol. The average Bonchev–Trinajstić information content (AvgIpc) is 3.28. The second-order valence-electron chi connectivity index (χ2n) is 17.5. The number of aryl methyl sites for hydroxylation is 2. The molecule has 0 saturated carbocycles. The van der Waals surface area contributed by atoms with Gasteiger partial charge < -0.3 is 52.8 Å². The Hall–Kier alpha value is -6.80. The number of hydrogen-bond acceptors (Lipinski definition) is 11. The first-order valence-corrected chi connectivity index (χ1v) is 22.1. The average molecular weight is 902 g/mol. The van der Waals surface area contributed by atoms with E-state index in [4.69, 9.17) is 26.7 Å². The summed E-state index contributed by atoms with van der Waals surface area (Å²) in [5.41, 5.74) is 24.6. The fourth-order valence-electron chi connectivity index (χ4n) is 8.01. The molecule has 350 valence electrons. The first-order chi connectivity index (χ1) is 31.4. The van der Waals surface area contributed by atoms with Gasteiger partial charge in [-0.25, -0.2) is 0 Å². The number of carbonyl (C=O) groups is 5. The molecule has 1 aliphatic heterocycles. The van der Waals surface area contributed by atoms with Crippen LogP contribution < -0.4 is 47.9 Å². The Morgan fingerprint density at radius 1 is 0.833 bits per heavy atom. The third-order valence-electron chi connectivity index (χ3n) is 11.5. The largest absolute Gasteiger partial charge is 0.492 e. The van der Waals surface area contributed by atoms with Crippen LogP contribution in [0.2, 0.25) is 0 Å². The van der Waals surface area contributed by atoms with Crippen LogP contribution in [0.25, 0.3) is 22.3 Å². The molecule has 1 heterocycles. The SMILES string of the molecule is Cc1cc(-c2ccc(C(C)(C)C)cc2)cc(C)c1C(=O)N[C@@H](CCN)C(=O)N(C)[C@@H]1C(=O)N[C@@H](C)C(=O)N[C@H](C(=O)NCC#N)Cc2ccc(OCCN)c(c2)-c2cc1ccc2OCCN. The van der Waals surface area contributed by atoms with Crippen molar-refractivity contribution in [2.75, 3.05) is 46.4 Å². The van der Waals surface area contributed by atoms with E-state index < -0.39 is 53.7 Å². The fraction of sp³-hybridized carbons (Fsp3) is 0.400. The fourth-order valence-corrected chi connectivity index (χ4v) is 8.01. The summed E-state index contributed by atoms with van der Waals surface area (Å²) >= 11 is 0. The van der Waals surface area contributed by atoms with Crippen molar-refractivity contribution < 1.29 is 33.4 Å². The molecule has 0 spiro atoms. The zero-order valence-electron chi connectivity index (χ0n) is 38.9. The number of ether oxygens (including phenoxy) is 2. The monoisotopic (exact) mass is 901 g/mol. The first kappa shape index (κ1) is 50.2. The minimum atomic E-state index is -1.38. The van der Waals surface area contributed by atoms with Crippen molar-refractivity contribution in [1.29, 1.82) is 5.26 Å². The number of nitriles is 1. The van der Waals surface area contributed by atoms with Gasteiger partial charge in [0.1, 0.15) is 55.4 Å². The molecule has 0 radical (unpaired) electrons. The van der Waals surface area contributed by atoms with E-state index in [1.54, 1.807) is 36.4 Å². The number of nitrogens with zero attached hydrogens (tertiary/aromatic N) is 2. The molecule has 4 aromatic rings. The Bertz CT molecular complexity index is 2440. The van der Waals surface area contributed by atoms with Crippen molar-refractivity contribution in [3.8, 4) is 39.8 Å². The lowest BCUT2D eigenvalue weighted by molar-refractivity contribution is -0.141. The van der Waals surface area contributed by atoms with Crippen molar-refractivity contribution in [2.45, 2.75) is 84.0 Å². The van der Waals surface area contributed by atoms with Gasteiger partial charge in [0.15, 0.2) is 0 Å². The molecule has 0 aliphatic carbocycles. The van der Waals surface area contributed by atoms with Gasteiger partial charge in [0.2, 0.25) is 23.6 Å². The highest BCUT2D eigenvalue weighted by Gasteiger charge is 2.36. The van der Waals surface area contributed by atoms with Crippen molar-refractivity contribution in [3.05, 3.63) is 106 Å². The predicted octanol–water partition coefficient (Wildman–Crippen LogP) is 3.44. The van der Waals surface area contributed by atoms with E-state index in [0.29, 0.717) is 50.4 Å². The molecular formula is C50H63N9O7. The lowest BCUT2D eigenvalue weighted by Gasteiger charge is -2.32. The number of likely N-dealkylation sites (N-methyl/N-ethyl adjacent to an activating group) is 1. The van der Waals surface area contributed by atoms with Crippen LogP contribution in [0, 0.1) is 25.2 Å². The summed E-state index contributed by atoms with van der Waals surface area (Å²) in [4.78, 5) is 71.9. The summed E-state index contributed by atoms with van der Waals surface area (Å²) in [6.07, 6.45) is 0.0502. The Morgan fingerprint density at radius 3 is 2.02 bits per heavy atom. The van der Waals surface area contributed by atoms with Crippen LogP contribution in [0.5, 0.6) is 11.5 Å². The second-order valence-corrected chi connectivity index (χ2v) is 17.5. The van der Waals surface area contributed by atoms with Crippen molar-refractivity contribution in [3.63, 3.8) is 0 Å². The number of hydrogen-bond donors (Lipinski definition) is 7. The van der Waals surface area contributed by atoms with Gasteiger partial charge in [0.05, 0.1) is 6.07 Å². The molecule has 4 bridgehead atoms. The van der Waals surface area contributed by atoms with E-state index in [-0.39, 0.29) is 57.6 Å². The molecule has 4 atom stereocenters. The van der Waals surface area contributed by atoms with Crippen LogP contribution in [-0.2, 0) is 31.0 Å². The maximum atomic E-state index is 14.8. The molecule has 5 rings (SSSR count). The normalized spacial score (nSPS) is 16.7. The summed E-state index contributed by atoms with van der Waals surface area (Å²) in [6, 6.07) is 19.4. The lowest BCUT2D eigenvalue weighted by atomic mass is 9.86. The second kappa shape index (κ2) is 22.4. The van der Waals surface area contributed by atoms with E-state index in [9.17, 15) is 29.2 Å². The maximum absolute atomic E-state index is 14.8. The molecule has 1 aliphatic rings. The van der Waals surface area contributed by atoms with Crippen molar-refractivity contribution >= 4 is 29.5 Å². The number of rotatable bonds is 15. The summed E-state index contributed by atoms with van der Waals surface area (Å²) in [5, 5.41) is 20.0. The van der Waals surface area contributed by atoms with E-state index in [1.165, 1.54) is 24.4 Å². The van der Waals surface area contributed by atoms with Crippen LogP contribution in [0.1, 0.15) is 78.3 Å². The summed E-state index contributed by atoms with van der Waals surface area (Å²) in [5.74, 6) is -2.35. The number of amides is 5. The van der Waals surface area contributed by atoms with E-state index in [0.717, 1.165) is 11.1 Å². The van der Waals surface area contributed by atoms with Crippen LogP contribution in [0.15, 0.2) is 72.8 Å². The Kier molecular flexibility index (Phi) is 17.0. The molecule has 10 N–H and O–H groups in total. The van der Waals surface area contributed by atoms with Gasteiger partial charge in [-0.15, -0.1) is 0 Å². The Labute approximate surface area is 386 Å². The van der Waals surface area contributed by atoms with E-state index in [1.807, 2.05) is 32.0 Å². The quantitative estimate of drug-likeness (QED) is 0.0851. The number of carbonyl (C=O) groups excluding carboxylic acids is 5. The summed E-state index contributed by atoms with van der Waals surface area (Å²) in [6.45, 7) is 12.0. The highest BCUT2D eigenvalue weighted by atomic mass is 16.5. The van der Waals surface area contributed by atoms with Crippen LogP contribution in [0.3, 0.4) is 0 Å². The number of fused-ring (bicyclic) bond motifs is 5. The zero-order valence-corrected chi connectivity index (χ0v) is 38.9. The molecule has 66 heavy (non-hydrogen) atoms. The number of nitrogens with two attached hydrogens (primary N) is 3. The van der Waals surface area contributed by atoms with Gasteiger partial charge in [-0.2, -0.15) is 5.26 Å². The minimum absolute atomic E-state index is 0.00323. The third kappa shape index (κ3) is 12.1. The molecule has 4 aromatic carbocycles. The minimum Gasteiger partial charge on any atom is -0.492 e. The van der Waals surface area contributed by atoms with Gasteiger partial charge in [-0.3, -0.25) is 24.0 Å². The van der Waals surface area contributed by atoms with Crippen LogP contribution >= 0.6 is 0 Å². The molecule has 5 amide bonds. The van der Waals surface area contributed by atoms with Gasteiger partial charge in [0.25, 0.3) is 5.91 Å². The molecule has 0 aromatic heterocycles. The number of nitrogens with one attached hydrogen (secondary N) is 4. The van der Waals surface area contributed by atoms with Gasteiger partial charge in [-0.05, 0) is 102 Å². The van der Waals surface area contributed by atoms with Crippen LogP contribution in [-0.4, -0.2) is 99.0 Å². The molecule has 16 nitrogen and oxygen atoms in total. The maximum Gasteiger partial charge on any atom is 0.252 e. The first-order valence-electron chi connectivity index (χ1n) is 22.1.